The molecule has 1 aromatic heterocycles. The van der Waals surface area contributed by atoms with E-state index in [9.17, 15) is 9.90 Å². The van der Waals surface area contributed by atoms with Crippen LogP contribution in [0.25, 0.3) is 5.69 Å². The molecule has 1 heterocycles. The molecule has 0 aliphatic heterocycles. The number of halogens is 4. The number of hydrogen-bond acceptors (Lipinski definition) is 4. The summed E-state index contributed by atoms with van der Waals surface area (Å²) in [5.74, 6) is -0.648. The van der Waals surface area contributed by atoms with Crippen LogP contribution in [0.15, 0.2) is 49.3 Å². The monoisotopic (exact) mass is 470 g/mol. The molecule has 10 heteroatoms. The van der Waals surface area contributed by atoms with Gasteiger partial charge in [0.2, 0.25) is 5.82 Å². The number of aromatic nitrogens is 3. The van der Waals surface area contributed by atoms with Crippen LogP contribution in [0.4, 0.5) is 0 Å². The molecule has 0 atom stereocenters. The molecular formula is C19H14Cl4N4O2. The number of amides is 1. The standard InChI is InChI=1S/C19H14Cl4N4O2/c1-2-5-26(9-11-3-4-13(20)14(21)6-11)19(29)18-24-10-27(25-18)12-7-15(22)17(28)16(23)8-12/h2-4,6-8,10,28H,1,5,9H2. The van der Waals surface area contributed by atoms with Crippen LogP contribution in [-0.2, 0) is 6.54 Å². The van der Waals surface area contributed by atoms with Gasteiger partial charge in [-0.3, -0.25) is 4.79 Å². The SMILES string of the molecule is C=CCN(Cc1ccc(Cl)c(Cl)c1)C(=O)c1ncn(-c2cc(Cl)c(O)c(Cl)c2)n1. The normalized spacial score (nSPS) is 10.8. The Balaban J connectivity index is 1.85. The second-order valence-electron chi connectivity index (χ2n) is 5.99. The van der Waals surface area contributed by atoms with E-state index in [0.29, 0.717) is 15.7 Å². The summed E-state index contributed by atoms with van der Waals surface area (Å²) in [6.07, 6.45) is 2.96. The third-order valence-electron chi connectivity index (χ3n) is 3.94. The fourth-order valence-electron chi connectivity index (χ4n) is 2.54. The molecule has 150 valence electrons. The summed E-state index contributed by atoms with van der Waals surface area (Å²) >= 11 is 23.9. The molecule has 0 saturated carbocycles. The molecule has 0 radical (unpaired) electrons. The van der Waals surface area contributed by atoms with Crippen molar-refractivity contribution in [3.05, 3.63) is 80.8 Å². The van der Waals surface area contributed by atoms with Gasteiger partial charge >= 0.3 is 0 Å². The quantitative estimate of drug-likeness (QED) is 0.487. The Morgan fingerprint density at radius 2 is 1.79 bits per heavy atom. The van der Waals surface area contributed by atoms with Gasteiger partial charge in [-0.2, -0.15) is 0 Å². The molecule has 2 aromatic carbocycles. The predicted molar refractivity (Wildman–Crippen MR) is 114 cm³/mol. The van der Waals surface area contributed by atoms with Crippen molar-refractivity contribution in [1.29, 1.82) is 0 Å². The van der Waals surface area contributed by atoms with Gasteiger partial charge in [0, 0.05) is 13.1 Å². The fourth-order valence-corrected chi connectivity index (χ4v) is 3.34. The summed E-state index contributed by atoms with van der Waals surface area (Å²) in [4.78, 5) is 18.5. The molecule has 3 rings (SSSR count). The molecule has 0 fully saturated rings. The summed E-state index contributed by atoms with van der Waals surface area (Å²) in [5, 5.41) is 14.8. The molecule has 1 amide bonds. The van der Waals surface area contributed by atoms with Crippen LogP contribution in [-0.4, -0.2) is 37.2 Å². The molecule has 29 heavy (non-hydrogen) atoms. The van der Waals surface area contributed by atoms with Crippen molar-refractivity contribution >= 4 is 52.3 Å². The first kappa shape index (κ1) is 21.5. The topological polar surface area (TPSA) is 71.2 Å². The van der Waals surface area contributed by atoms with Crippen molar-refractivity contribution < 1.29 is 9.90 Å². The van der Waals surface area contributed by atoms with Crippen LogP contribution < -0.4 is 0 Å². The van der Waals surface area contributed by atoms with Crippen molar-refractivity contribution in [2.24, 2.45) is 0 Å². The number of carbonyl (C=O) groups is 1. The Morgan fingerprint density at radius 3 is 2.41 bits per heavy atom. The number of phenols is 1. The lowest BCUT2D eigenvalue weighted by Crippen LogP contribution is -2.31. The average molecular weight is 472 g/mol. The lowest BCUT2D eigenvalue weighted by Gasteiger charge is -2.20. The van der Waals surface area contributed by atoms with Gasteiger partial charge in [-0.25, -0.2) is 9.67 Å². The minimum atomic E-state index is -0.398. The van der Waals surface area contributed by atoms with Gasteiger partial charge in [0.25, 0.3) is 5.91 Å². The van der Waals surface area contributed by atoms with E-state index in [-0.39, 0.29) is 34.7 Å². The molecule has 0 aliphatic rings. The summed E-state index contributed by atoms with van der Waals surface area (Å²) in [6.45, 7) is 4.24. The number of phenolic OH excluding ortho intramolecular Hbond substituents is 1. The number of hydrogen-bond donors (Lipinski definition) is 1. The maximum Gasteiger partial charge on any atom is 0.294 e. The Bertz CT molecular complexity index is 1060. The Kier molecular flexibility index (Phi) is 6.70. The average Bonchev–Trinajstić information content (AvgIpc) is 3.18. The highest BCUT2D eigenvalue weighted by atomic mass is 35.5. The minimum absolute atomic E-state index is 0.0211. The van der Waals surface area contributed by atoms with Crippen LogP contribution in [0.2, 0.25) is 20.1 Å². The molecule has 0 aliphatic carbocycles. The number of benzene rings is 2. The summed E-state index contributed by atoms with van der Waals surface area (Å²) in [7, 11) is 0. The van der Waals surface area contributed by atoms with E-state index < -0.39 is 5.91 Å². The Labute approximate surface area is 186 Å². The highest BCUT2D eigenvalue weighted by molar-refractivity contribution is 6.42. The highest BCUT2D eigenvalue weighted by Gasteiger charge is 2.20. The van der Waals surface area contributed by atoms with Crippen LogP contribution in [0, 0.1) is 0 Å². The lowest BCUT2D eigenvalue weighted by molar-refractivity contribution is 0.0750. The van der Waals surface area contributed by atoms with Crippen molar-refractivity contribution in [2.75, 3.05) is 6.54 Å². The van der Waals surface area contributed by atoms with E-state index in [0.717, 1.165) is 5.56 Å². The number of nitrogens with zero attached hydrogens (tertiary/aromatic N) is 4. The van der Waals surface area contributed by atoms with Crippen molar-refractivity contribution in [1.82, 2.24) is 19.7 Å². The van der Waals surface area contributed by atoms with Gasteiger partial charge in [0.1, 0.15) is 6.33 Å². The third-order valence-corrected chi connectivity index (χ3v) is 5.26. The molecule has 0 saturated heterocycles. The first-order valence-electron chi connectivity index (χ1n) is 8.24. The Hall–Kier alpha value is -2.25. The van der Waals surface area contributed by atoms with Crippen molar-refractivity contribution in [2.45, 2.75) is 6.54 Å². The zero-order chi connectivity index (χ0) is 21.1. The van der Waals surface area contributed by atoms with Crippen LogP contribution in [0.5, 0.6) is 5.75 Å². The van der Waals surface area contributed by atoms with E-state index >= 15 is 0 Å². The molecule has 0 bridgehead atoms. The molecule has 0 spiro atoms. The van der Waals surface area contributed by atoms with E-state index in [4.69, 9.17) is 46.4 Å². The lowest BCUT2D eigenvalue weighted by atomic mass is 10.2. The van der Waals surface area contributed by atoms with Crippen LogP contribution in [0.3, 0.4) is 0 Å². The molecular weight excluding hydrogens is 458 g/mol. The Morgan fingerprint density at radius 1 is 1.10 bits per heavy atom. The van der Waals surface area contributed by atoms with E-state index in [2.05, 4.69) is 16.7 Å². The zero-order valence-electron chi connectivity index (χ0n) is 14.8. The van der Waals surface area contributed by atoms with E-state index in [1.165, 1.54) is 28.0 Å². The summed E-state index contributed by atoms with van der Waals surface area (Å²) < 4.78 is 1.34. The van der Waals surface area contributed by atoms with E-state index in [1.807, 2.05) is 0 Å². The first-order valence-corrected chi connectivity index (χ1v) is 9.75. The van der Waals surface area contributed by atoms with Crippen molar-refractivity contribution in [3.63, 3.8) is 0 Å². The van der Waals surface area contributed by atoms with Gasteiger partial charge in [0.05, 0.1) is 25.8 Å². The zero-order valence-corrected chi connectivity index (χ0v) is 17.8. The molecule has 3 aromatic rings. The van der Waals surface area contributed by atoms with Crippen molar-refractivity contribution in [3.8, 4) is 11.4 Å². The molecule has 0 unspecified atom stereocenters. The second kappa shape index (κ2) is 9.05. The summed E-state index contributed by atoms with van der Waals surface area (Å²) in [5.41, 5.74) is 1.25. The van der Waals surface area contributed by atoms with Gasteiger partial charge in [0.15, 0.2) is 5.75 Å². The summed E-state index contributed by atoms with van der Waals surface area (Å²) in [6, 6.07) is 8.07. The molecule has 1 N–H and O–H groups in total. The fraction of sp³-hybridized carbons (Fsp3) is 0.105. The smallest absolute Gasteiger partial charge is 0.294 e. The number of aromatic hydroxyl groups is 1. The van der Waals surface area contributed by atoms with Crippen LogP contribution >= 0.6 is 46.4 Å². The largest absolute Gasteiger partial charge is 0.505 e. The van der Waals surface area contributed by atoms with Gasteiger partial charge in [-0.05, 0) is 29.8 Å². The predicted octanol–water partition coefficient (Wildman–Crippen LogP) is 5.41. The van der Waals surface area contributed by atoms with Gasteiger partial charge in [-0.1, -0.05) is 58.5 Å². The number of carbonyl (C=O) groups excluding carboxylic acids is 1. The second-order valence-corrected chi connectivity index (χ2v) is 7.62. The van der Waals surface area contributed by atoms with Gasteiger partial charge < -0.3 is 10.0 Å². The minimum Gasteiger partial charge on any atom is -0.505 e. The first-order chi connectivity index (χ1) is 13.8. The van der Waals surface area contributed by atoms with Gasteiger partial charge in [-0.15, -0.1) is 11.7 Å². The maximum absolute atomic E-state index is 12.9. The number of rotatable bonds is 6. The van der Waals surface area contributed by atoms with Crippen LogP contribution in [0.1, 0.15) is 16.2 Å². The maximum atomic E-state index is 12.9. The third kappa shape index (κ3) is 4.85. The molecule has 6 nitrogen and oxygen atoms in total. The van der Waals surface area contributed by atoms with E-state index in [1.54, 1.807) is 24.3 Å². The highest BCUT2D eigenvalue weighted by Crippen LogP contribution is 2.33.